The van der Waals surface area contributed by atoms with Gasteiger partial charge in [-0.3, -0.25) is 52.5 Å². The molecule has 4 rings (SSSR count). The third-order valence-electron chi connectivity index (χ3n) is 11.7. The Morgan fingerprint density at radius 3 is 1.65 bits per heavy atom. The van der Waals surface area contributed by atoms with E-state index < -0.39 is 130 Å². The SMILES string of the molecule is CSCC[C@H](NC(=O)[C@@H](Cc1ccc(O)cc1)NN[C@@H](CC(=O)O)C(=O)S(=O)(=O)O)C(=O)NCC(=O)N[C@@H](Cc1c[nH]c2ccccc12)C(=O)N[C@H](CCSC)C(=O)N[C@H](CC(=O)O)C(=O)N[C@@H](Cc1ccccc1)C(N)=O. The molecule has 0 spiro atoms. The van der Waals surface area contributed by atoms with Crippen molar-refractivity contribution in [2.75, 3.05) is 30.6 Å². The standard InChI is InChI=1S/C49H62N10O16S3/c1-76-18-16-33(54-48(71)38(21-28-12-14-30(60)15-13-28)58-59-39(24-42(64)65)49(72)78(73,74)75)44(67)52-26-40(61)53-36(22-29-25-51-32-11-7-6-10-31(29)32)46(69)55-34(17-19-77-2)45(68)57-37(23-41(62)63)47(70)56-35(43(50)66)20-27-8-4-3-5-9-27/h3-15,25,33-39,51,58-60H,16-24,26H2,1-2H3,(H2,50,66)(H,52,67)(H,53,61)(H,54,71)(H,55,69)(H,56,70)(H,57,68)(H,62,63)(H,64,65)(H,73,74,75)/t33-,34+,35-,36-,37+,38+,39-/m0/s1. The number of nitrogens with one attached hydrogen (secondary N) is 9. The van der Waals surface area contributed by atoms with Crippen LogP contribution >= 0.6 is 23.5 Å². The number of aromatic nitrogens is 1. The number of aromatic hydroxyl groups is 1. The molecule has 0 radical (unpaired) electrons. The second-order valence-electron chi connectivity index (χ2n) is 17.6. The normalized spacial score (nSPS) is 14.0. The zero-order valence-electron chi connectivity index (χ0n) is 42.2. The molecule has 0 unspecified atom stereocenters. The van der Waals surface area contributed by atoms with Crippen LogP contribution in [0.3, 0.4) is 0 Å². The first-order chi connectivity index (χ1) is 37.0. The van der Waals surface area contributed by atoms with E-state index in [2.05, 4.69) is 47.7 Å². The number of hydrogen-bond acceptors (Lipinski definition) is 17. The Balaban J connectivity index is 1.55. The van der Waals surface area contributed by atoms with E-state index in [1.807, 2.05) is 0 Å². The fourth-order valence-corrected chi connectivity index (χ4v) is 9.09. The van der Waals surface area contributed by atoms with E-state index in [-0.39, 0.29) is 49.4 Å². The number of primary amides is 1. The molecule has 0 saturated carbocycles. The molecule has 422 valence electrons. The first-order valence-electron chi connectivity index (χ1n) is 23.9. The highest BCUT2D eigenvalue weighted by Crippen LogP contribution is 2.20. The molecule has 29 heteroatoms. The number of carboxylic acids is 2. The number of carboxylic acid groups (broad SMARTS) is 2. The fraction of sp³-hybridized carbons (Fsp3) is 0.388. The molecule has 26 nitrogen and oxygen atoms in total. The number of para-hydroxylation sites is 1. The lowest BCUT2D eigenvalue weighted by atomic mass is 10.0. The van der Waals surface area contributed by atoms with Gasteiger partial charge in [0.1, 0.15) is 48.0 Å². The van der Waals surface area contributed by atoms with Crippen molar-refractivity contribution in [3.05, 3.63) is 102 Å². The number of rotatable bonds is 33. The molecule has 1 aromatic heterocycles. The van der Waals surface area contributed by atoms with Crippen molar-refractivity contribution in [1.29, 1.82) is 0 Å². The van der Waals surface area contributed by atoms with Crippen LogP contribution in [-0.4, -0.2) is 165 Å². The number of fused-ring (bicyclic) bond motifs is 1. The Morgan fingerprint density at radius 2 is 1.06 bits per heavy atom. The van der Waals surface area contributed by atoms with Gasteiger partial charge in [-0.05, 0) is 78.2 Å². The predicted octanol–water partition coefficient (Wildman–Crippen LogP) is -1.37. The summed E-state index contributed by atoms with van der Waals surface area (Å²) in [7, 11) is -5.40. The Kier molecular flexibility index (Phi) is 25.0. The van der Waals surface area contributed by atoms with Gasteiger partial charge in [-0.2, -0.15) is 31.9 Å². The summed E-state index contributed by atoms with van der Waals surface area (Å²) in [5.41, 5.74) is 12.4. The van der Waals surface area contributed by atoms with Crippen LogP contribution in [0.1, 0.15) is 42.4 Å². The molecule has 0 aliphatic rings. The summed E-state index contributed by atoms with van der Waals surface area (Å²) < 4.78 is 32.6. The van der Waals surface area contributed by atoms with Crippen molar-refractivity contribution in [3.63, 3.8) is 0 Å². The minimum atomic E-state index is -5.40. The summed E-state index contributed by atoms with van der Waals surface area (Å²) in [6, 6.07) is 10.2. The Labute approximate surface area is 456 Å². The number of hydrazine groups is 1. The van der Waals surface area contributed by atoms with Crippen LogP contribution in [0, 0.1) is 0 Å². The maximum Gasteiger partial charge on any atom is 0.330 e. The number of phenols is 1. The van der Waals surface area contributed by atoms with E-state index in [1.54, 1.807) is 73.3 Å². The molecule has 3 aromatic carbocycles. The number of nitrogens with two attached hydrogens (primary N) is 1. The summed E-state index contributed by atoms with van der Waals surface area (Å²) in [5.74, 6) is -9.27. The zero-order chi connectivity index (χ0) is 57.5. The van der Waals surface area contributed by atoms with Gasteiger partial charge >= 0.3 is 22.1 Å². The molecule has 0 saturated heterocycles. The maximum absolute atomic E-state index is 14.3. The average Bonchev–Trinajstić information content (AvgIpc) is 3.82. The molecular formula is C49H62N10O16S3. The fourth-order valence-electron chi connectivity index (χ4n) is 7.65. The molecule has 4 aromatic rings. The quantitative estimate of drug-likeness (QED) is 0.0193. The second-order valence-corrected chi connectivity index (χ2v) is 20.9. The van der Waals surface area contributed by atoms with E-state index in [1.165, 1.54) is 47.8 Å². The molecule has 0 fully saturated rings. The first kappa shape index (κ1) is 63.0. The summed E-state index contributed by atoms with van der Waals surface area (Å²) >= 11 is 2.60. The minimum absolute atomic E-state index is 0.0257. The van der Waals surface area contributed by atoms with Crippen LogP contribution in [0.15, 0.2) is 85.1 Å². The number of phenolic OH excluding ortho intramolecular Hbond substituents is 1. The lowest BCUT2D eigenvalue weighted by Gasteiger charge is -2.26. The number of aliphatic carboxylic acids is 2. The van der Waals surface area contributed by atoms with Gasteiger partial charge in [0, 0.05) is 29.9 Å². The smallest absolute Gasteiger partial charge is 0.330 e. The monoisotopic (exact) mass is 1140 g/mol. The Bertz CT molecular complexity index is 2880. The van der Waals surface area contributed by atoms with E-state index in [0.717, 1.165) is 0 Å². The molecule has 7 atom stereocenters. The van der Waals surface area contributed by atoms with Crippen LogP contribution in [0.5, 0.6) is 5.75 Å². The van der Waals surface area contributed by atoms with Crippen LogP contribution < -0.4 is 48.5 Å². The first-order valence-corrected chi connectivity index (χ1v) is 28.1. The third kappa shape index (κ3) is 20.8. The lowest BCUT2D eigenvalue weighted by Crippen LogP contribution is -2.60. The highest BCUT2D eigenvalue weighted by molar-refractivity contribution is 8.01. The van der Waals surface area contributed by atoms with Crippen molar-refractivity contribution in [1.82, 2.24) is 47.7 Å². The van der Waals surface area contributed by atoms with Gasteiger partial charge < -0.3 is 57.9 Å². The number of amides is 7. The van der Waals surface area contributed by atoms with Gasteiger partial charge in [0.2, 0.25) is 41.4 Å². The number of carbonyl (C=O) groups is 10. The molecule has 0 aliphatic heterocycles. The van der Waals surface area contributed by atoms with Gasteiger partial charge in [-0.25, -0.2) is 10.9 Å². The molecule has 1 heterocycles. The highest BCUT2D eigenvalue weighted by Gasteiger charge is 2.35. The highest BCUT2D eigenvalue weighted by atomic mass is 32.2. The van der Waals surface area contributed by atoms with Gasteiger partial charge in [0.25, 0.3) is 5.12 Å². The number of aromatic amines is 1. The summed E-state index contributed by atoms with van der Waals surface area (Å²) in [6.45, 7) is -0.771. The van der Waals surface area contributed by atoms with E-state index in [0.29, 0.717) is 27.6 Å². The van der Waals surface area contributed by atoms with Crippen molar-refractivity contribution in [2.24, 2.45) is 5.73 Å². The molecule has 15 N–H and O–H groups in total. The topological polar surface area (TPSA) is 424 Å². The summed E-state index contributed by atoms with van der Waals surface area (Å²) in [6.07, 6.45) is 2.43. The van der Waals surface area contributed by atoms with E-state index in [4.69, 9.17) is 5.73 Å². The van der Waals surface area contributed by atoms with Gasteiger partial charge in [-0.15, -0.1) is 0 Å². The third-order valence-corrected chi connectivity index (χ3v) is 13.7. The van der Waals surface area contributed by atoms with Gasteiger partial charge in [-0.1, -0.05) is 60.7 Å². The molecule has 0 aliphatic carbocycles. The van der Waals surface area contributed by atoms with Gasteiger partial charge in [0.05, 0.1) is 19.4 Å². The number of thioether (sulfide) groups is 2. The summed E-state index contributed by atoms with van der Waals surface area (Å²) in [4.78, 5) is 135. The van der Waals surface area contributed by atoms with E-state index >= 15 is 0 Å². The molecule has 7 amide bonds. The summed E-state index contributed by atoms with van der Waals surface area (Å²) in [5, 5.41) is 42.6. The van der Waals surface area contributed by atoms with Crippen LogP contribution in [0.25, 0.3) is 10.9 Å². The molecule has 0 bridgehead atoms. The largest absolute Gasteiger partial charge is 0.508 e. The molecular weight excluding hydrogens is 1080 g/mol. The number of H-pyrrole nitrogens is 1. The zero-order valence-corrected chi connectivity index (χ0v) is 44.6. The van der Waals surface area contributed by atoms with Crippen molar-refractivity contribution >= 4 is 103 Å². The number of benzene rings is 3. The Morgan fingerprint density at radius 1 is 0.577 bits per heavy atom. The Hall–Kier alpha value is -7.57. The number of carbonyl (C=O) groups excluding carboxylic acids is 8. The van der Waals surface area contributed by atoms with Crippen LogP contribution in [0.4, 0.5) is 0 Å². The maximum atomic E-state index is 14.3. The van der Waals surface area contributed by atoms with Crippen LogP contribution in [0.2, 0.25) is 0 Å². The van der Waals surface area contributed by atoms with E-state index in [9.17, 15) is 76.2 Å². The second kappa shape index (κ2) is 31.0. The molecule has 78 heavy (non-hydrogen) atoms. The van der Waals surface area contributed by atoms with Gasteiger partial charge in [0.15, 0.2) is 0 Å². The van der Waals surface area contributed by atoms with Crippen molar-refractivity contribution in [3.8, 4) is 5.75 Å². The minimum Gasteiger partial charge on any atom is -0.508 e. The van der Waals surface area contributed by atoms with Crippen molar-refractivity contribution in [2.45, 2.75) is 87.2 Å². The predicted molar refractivity (Wildman–Crippen MR) is 287 cm³/mol. The van der Waals surface area contributed by atoms with Crippen molar-refractivity contribution < 1.29 is 76.2 Å². The average molecular weight is 1140 g/mol. The van der Waals surface area contributed by atoms with Crippen LogP contribution in [-0.2, 0) is 77.3 Å². The number of hydrogen-bond donors (Lipinski definition) is 14. The lowest BCUT2D eigenvalue weighted by molar-refractivity contribution is -0.141.